The second-order valence-corrected chi connectivity index (χ2v) is 5.69. The van der Waals surface area contributed by atoms with E-state index in [4.69, 9.17) is 0 Å². The molecule has 1 aromatic heterocycles. The third-order valence-electron chi connectivity index (χ3n) is 3.39. The van der Waals surface area contributed by atoms with Gasteiger partial charge in [0, 0.05) is 11.3 Å². The van der Waals surface area contributed by atoms with E-state index >= 15 is 0 Å². The molecule has 2 rings (SSSR count). The zero-order valence-electron chi connectivity index (χ0n) is 10.9. The molecule has 1 aliphatic rings. The normalized spacial score (nSPS) is 20.5. The van der Waals surface area contributed by atoms with Gasteiger partial charge in [-0.1, -0.05) is 32.3 Å². The molecule has 0 aromatic carbocycles. The smallest absolute Gasteiger partial charge is 0.0910 e. The van der Waals surface area contributed by atoms with Gasteiger partial charge in [-0.2, -0.15) is 5.10 Å². The number of aromatic amines is 1. The molecule has 1 aromatic rings. The van der Waals surface area contributed by atoms with Crippen molar-refractivity contribution in [3.05, 3.63) is 17.0 Å². The van der Waals surface area contributed by atoms with Crippen molar-refractivity contribution in [1.82, 2.24) is 10.2 Å². The van der Waals surface area contributed by atoms with Crippen LogP contribution in [0.4, 0.5) is 0 Å². The van der Waals surface area contributed by atoms with Crippen LogP contribution in [0, 0.1) is 5.41 Å². The molecule has 0 unspecified atom stereocenters. The Morgan fingerprint density at radius 3 is 2.82 bits per heavy atom. The van der Waals surface area contributed by atoms with Gasteiger partial charge in [0.1, 0.15) is 0 Å². The van der Waals surface area contributed by atoms with Crippen molar-refractivity contribution in [3.8, 4) is 0 Å². The number of aryl methyl sites for hydroxylation is 1. The van der Waals surface area contributed by atoms with Crippen molar-refractivity contribution < 1.29 is 5.21 Å². The molecule has 0 atom stereocenters. The number of aromatic nitrogens is 2. The summed E-state index contributed by atoms with van der Waals surface area (Å²) in [5, 5.41) is 20.2. The van der Waals surface area contributed by atoms with Gasteiger partial charge in [-0.3, -0.25) is 5.10 Å². The van der Waals surface area contributed by atoms with Crippen molar-refractivity contribution in [1.29, 1.82) is 0 Å². The molecule has 0 bridgehead atoms. The molecule has 1 aliphatic carbocycles. The predicted octanol–water partition coefficient (Wildman–Crippen LogP) is 2.90. The Balaban J connectivity index is 2.35. The number of oxime groups is 1. The van der Waals surface area contributed by atoms with Crippen molar-refractivity contribution in [2.24, 2.45) is 10.6 Å². The molecule has 0 radical (unpaired) electrons. The van der Waals surface area contributed by atoms with E-state index in [0.29, 0.717) is 0 Å². The lowest BCUT2D eigenvalue weighted by Gasteiger charge is -2.29. The molecular formula is C13H21N3O. The molecule has 1 heterocycles. The number of H-pyrrole nitrogens is 1. The fraction of sp³-hybridized carbons (Fsp3) is 0.692. The Kier molecular flexibility index (Phi) is 3.22. The van der Waals surface area contributed by atoms with Crippen LogP contribution >= 0.6 is 0 Å². The summed E-state index contributed by atoms with van der Waals surface area (Å²) in [4.78, 5) is 0. The highest BCUT2D eigenvalue weighted by Crippen LogP contribution is 2.35. The minimum atomic E-state index is 0.142. The standard InChI is InChI=1S/C13H21N3O/c1-4-5-6-9-12-10(15-14-9)7-13(2,3)8-11(12)16-17/h17H,4-8H2,1-3H3,(H,14,15)/b16-11-. The van der Waals surface area contributed by atoms with Gasteiger partial charge < -0.3 is 5.21 Å². The molecule has 17 heavy (non-hydrogen) atoms. The summed E-state index contributed by atoms with van der Waals surface area (Å²) in [7, 11) is 0. The molecule has 0 saturated carbocycles. The van der Waals surface area contributed by atoms with Gasteiger partial charge in [0.15, 0.2) is 0 Å². The summed E-state index contributed by atoms with van der Waals surface area (Å²) < 4.78 is 0. The van der Waals surface area contributed by atoms with E-state index in [0.717, 1.165) is 54.8 Å². The van der Waals surface area contributed by atoms with E-state index in [-0.39, 0.29) is 5.41 Å². The summed E-state index contributed by atoms with van der Waals surface area (Å²) in [5.74, 6) is 0. The Morgan fingerprint density at radius 1 is 1.41 bits per heavy atom. The second-order valence-electron chi connectivity index (χ2n) is 5.69. The summed E-state index contributed by atoms with van der Waals surface area (Å²) >= 11 is 0. The van der Waals surface area contributed by atoms with Crippen molar-refractivity contribution in [2.45, 2.75) is 52.9 Å². The number of nitrogens with zero attached hydrogens (tertiary/aromatic N) is 2. The third-order valence-corrected chi connectivity index (χ3v) is 3.39. The van der Waals surface area contributed by atoms with Crippen molar-refractivity contribution in [2.75, 3.05) is 0 Å². The first-order valence-electron chi connectivity index (χ1n) is 6.35. The zero-order valence-corrected chi connectivity index (χ0v) is 10.9. The highest BCUT2D eigenvalue weighted by atomic mass is 16.4. The maximum absolute atomic E-state index is 9.18. The molecule has 0 saturated heterocycles. The monoisotopic (exact) mass is 235 g/mol. The fourth-order valence-corrected chi connectivity index (χ4v) is 2.58. The van der Waals surface area contributed by atoms with Gasteiger partial charge in [0.05, 0.1) is 11.4 Å². The Bertz CT molecular complexity index is 432. The van der Waals surface area contributed by atoms with Crippen LogP contribution in [0.2, 0.25) is 0 Å². The van der Waals surface area contributed by atoms with E-state index in [9.17, 15) is 5.21 Å². The highest BCUT2D eigenvalue weighted by Gasteiger charge is 2.33. The largest absolute Gasteiger partial charge is 0.411 e. The van der Waals surface area contributed by atoms with Gasteiger partial charge in [-0.15, -0.1) is 0 Å². The van der Waals surface area contributed by atoms with E-state index in [1.807, 2.05) is 0 Å². The first-order chi connectivity index (χ1) is 8.07. The summed E-state index contributed by atoms with van der Waals surface area (Å²) in [5.41, 5.74) is 4.19. The molecule has 4 nitrogen and oxygen atoms in total. The Labute approximate surface area is 102 Å². The van der Waals surface area contributed by atoms with Gasteiger partial charge in [0.2, 0.25) is 0 Å². The van der Waals surface area contributed by atoms with Gasteiger partial charge >= 0.3 is 0 Å². The number of unbranched alkanes of at least 4 members (excludes halogenated alkanes) is 1. The van der Waals surface area contributed by atoms with Gasteiger partial charge in [0.25, 0.3) is 0 Å². The molecule has 2 N–H and O–H groups in total. The van der Waals surface area contributed by atoms with Crippen LogP contribution in [0.25, 0.3) is 0 Å². The topological polar surface area (TPSA) is 61.3 Å². The van der Waals surface area contributed by atoms with Crippen LogP contribution in [0.5, 0.6) is 0 Å². The molecule has 0 fully saturated rings. The first-order valence-corrected chi connectivity index (χ1v) is 6.35. The summed E-state index contributed by atoms with van der Waals surface area (Å²) in [6.07, 6.45) is 5.02. The van der Waals surface area contributed by atoms with E-state index in [2.05, 4.69) is 36.1 Å². The maximum atomic E-state index is 9.18. The third kappa shape index (κ3) is 2.35. The maximum Gasteiger partial charge on any atom is 0.0910 e. The van der Waals surface area contributed by atoms with Gasteiger partial charge in [-0.25, -0.2) is 0 Å². The SMILES string of the molecule is CCCCc1n[nH]c2c1/C(=N\O)CC(C)(C)C2. The summed E-state index contributed by atoms with van der Waals surface area (Å²) in [6.45, 7) is 6.55. The van der Waals surface area contributed by atoms with Crippen LogP contribution in [-0.2, 0) is 12.8 Å². The van der Waals surface area contributed by atoms with E-state index in [1.165, 1.54) is 0 Å². The first kappa shape index (κ1) is 12.1. The lowest BCUT2D eigenvalue weighted by Crippen LogP contribution is -2.27. The van der Waals surface area contributed by atoms with E-state index in [1.54, 1.807) is 0 Å². The minimum Gasteiger partial charge on any atom is -0.411 e. The molecule has 0 aliphatic heterocycles. The van der Waals surface area contributed by atoms with E-state index < -0.39 is 0 Å². The Morgan fingerprint density at radius 2 is 2.18 bits per heavy atom. The van der Waals surface area contributed by atoms with Crippen LogP contribution in [0.1, 0.15) is 57.0 Å². The van der Waals surface area contributed by atoms with Crippen LogP contribution < -0.4 is 0 Å². The van der Waals surface area contributed by atoms with Crippen LogP contribution in [0.3, 0.4) is 0 Å². The van der Waals surface area contributed by atoms with Gasteiger partial charge in [-0.05, 0) is 31.1 Å². The molecule has 94 valence electrons. The van der Waals surface area contributed by atoms with Crippen molar-refractivity contribution >= 4 is 5.71 Å². The fourth-order valence-electron chi connectivity index (χ4n) is 2.58. The number of hydrogen-bond acceptors (Lipinski definition) is 3. The predicted molar refractivity (Wildman–Crippen MR) is 67.6 cm³/mol. The zero-order chi connectivity index (χ0) is 12.5. The molecule has 4 heteroatoms. The number of fused-ring (bicyclic) bond motifs is 1. The lowest BCUT2D eigenvalue weighted by atomic mass is 9.75. The number of rotatable bonds is 3. The van der Waals surface area contributed by atoms with Crippen LogP contribution in [0.15, 0.2) is 5.16 Å². The van der Waals surface area contributed by atoms with Crippen LogP contribution in [-0.4, -0.2) is 21.1 Å². The highest BCUT2D eigenvalue weighted by molar-refractivity contribution is 6.03. The lowest BCUT2D eigenvalue weighted by molar-refractivity contribution is 0.306. The molecule has 0 spiro atoms. The summed E-state index contributed by atoms with van der Waals surface area (Å²) in [6, 6.07) is 0. The number of hydrogen-bond donors (Lipinski definition) is 2. The van der Waals surface area contributed by atoms with Crippen molar-refractivity contribution in [3.63, 3.8) is 0 Å². The average molecular weight is 235 g/mol. The average Bonchev–Trinajstić information content (AvgIpc) is 2.66. The molecule has 0 amide bonds. The quantitative estimate of drug-likeness (QED) is 0.625. The second kappa shape index (κ2) is 4.51. The molecular weight excluding hydrogens is 214 g/mol. The minimum absolute atomic E-state index is 0.142. The number of nitrogens with one attached hydrogen (secondary N) is 1. The Hall–Kier alpha value is -1.32.